The zero-order valence-corrected chi connectivity index (χ0v) is 16.0. The molecule has 2 N–H and O–H groups in total. The predicted octanol–water partition coefficient (Wildman–Crippen LogP) is 3.07. The Kier molecular flexibility index (Phi) is 6.72. The predicted molar refractivity (Wildman–Crippen MR) is 104 cm³/mol. The molecule has 3 rings (SSSR count). The molecule has 0 fully saturated rings. The number of esters is 1. The number of nitrogens with one attached hydrogen (secondary N) is 1. The van der Waals surface area contributed by atoms with Crippen LogP contribution in [0.2, 0.25) is 5.02 Å². The minimum Gasteiger partial charge on any atom is -0.482 e. The van der Waals surface area contributed by atoms with Gasteiger partial charge in [-0.3, -0.25) is 0 Å². The summed E-state index contributed by atoms with van der Waals surface area (Å²) in [6, 6.07) is 13.5. The summed E-state index contributed by atoms with van der Waals surface area (Å²) in [6.07, 6.45) is 2.24. The molecule has 0 unspecified atom stereocenters. The van der Waals surface area contributed by atoms with Crippen LogP contribution in [0.15, 0.2) is 42.5 Å². The fourth-order valence-corrected chi connectivity index (χ4v) is 3.51. The molecule has 0 saturated heterocycles. The van der Waals surface area contributed by atoms with Gasteiger partial charge >= 0.3 is 5.97 Å². The van der Waals surface area contributed by atoms with E-state index in [4.69, 9.17) is 16.3 Å². The molecule has 0 bridgehead atoms. The second-order valence-corrected chi connectivity index (χ2v) is 7.15. The van der Waals surface area contributed by atoms with Gasteiger partial charge < -0.3 is 19.9 Å². The molecule has 1 aliphatic carbocycles. The highest BCUT2D eigenvalue weighted by molar-refractivity contribution is 6.30. The normalized spacial score (nSPS) is 17.1. The fraction of sp³-hybridized carbons (Fsp3) is 0.381. The fourth-order valence-electron chi connectivity index (χ4n) is 3.31. The Balaban J connectivity index is 1.56. The molecule has 1 aliphatic rings. The first-order valence-electron chi connectivity index (χ1n) is 9.03. The number of hydrogen-bond acceptors (Lipinski definition) is 5. The van der Waals surface area contributed by atoms with Gasteiger partial charge in [-0.1, -0.05) is 29.8 Å². The number of fused-ring (bicyclic) bond motifs is 1. The van der Waals surface area contributed by atoms with Gasteiger partial charge in [-0.15, -0.1) is 0 Å². The summed E-state index contributed by atoms with van der Waals surface area (Å²) in [5.74, 6) is 0.265. The summed E-state index contributed by atoms with van der Waals surface area (Å²) in [7, 11) is 1.34. The average molecular weight is 390 g/mol. The third kappa shape index (κ3) is 5.45. The third-order valence-electron chi connectivity index (χ3n) is 4.82. The summed E-state index contributed by atoms with van der Waals surface area (Å²) in [5, 5.41) is 14.4. The lowest BCUT2D eigenvalue weighted by atomic mass is 9.88. The van der Waals surface area contributed by atoms with Crippen molar-refractivity contribution in [2.45, 2.75) is 31.4 Å². The van der Waals surface area contributed by atoms with E-state index in [0.717, 1.165) is 24.8 Å². The van der Waals surface area contributed by atoms with Crippen molar-refractivity contribution in [1.29, 1.82) is 0 Å². The van der Waals surface area contributed by atoms with Gasteiger partial charge in [-0.05, 0) is 60.2 Å². The molecular formula is C21H24ClNO4. The highest BCUT2D eigenvalue weighted by atomic mass is 35.5. The maximum atomic E-state index is 11.2. The summed E-state index contributed by atoms with van der Waals surface area (Å²) in [6.45, 7) is 0.377. The minimum atomic E-state index is -0.597. The average Bonchev–Trinajstić information content (AvgIpc) is 2.69. The van der Waals surface area contributed by atoms with Gasteiger partial charge in [0, 0.05) is 17.6 Å². The molecule has 0 aromatic heterocycles. The Bertz CT molecular complexity index is 796. The summed E-state index contributed by atoms with van der Waals surface area (Å²) < 4.78 is 10.1. The van der Waals surface area contributed by atoms with E-state index < -0.39 is 12.1 Å². The van der Waals surface area contributed by atoms with E-state index in [2.05, 4.69) is 16.1 Å². The quantitative estimate of drug-likeness (QED) is 0.712. The van der Waals surface area contributed by atoms with Crippen LogP contribution < -0.4 is 10.1 Å². The van der Waals surface area contributed by atoms with Crippen LogP contribution in [0.3, 0.4) is 0 Å². The van der Waals surface area contributed by atoms with Gasteiger partial charge in [0.05, 0.1) is 13.2 Å². The van der Waals surface area contributed by atoms with Crippen molar-refractivity contribution in [3.05, 3.63) is 64.2 Å². The van der Waals surface area contributed by atoms with Crippen LogP contribution in [-0.4, -0.2) is 37.4 Å². The number of halogens is 1. The maximum absolute atomic E-state index is 11.2. The Hall–Kier alpha value is -2.08. The minimum absolute atomic E-state index is 0.0945. The van der Waals surface area contributed by atoms with Gasteiger partial charge in [-0.2, -0.15) is 0 Å². The number of benzene rings is 2. The van der Waals surface area contributed by atoms with Crippen molar-refractivity contribution in [1.82, 2.24) is 5.32 Å². The van der Waals surface area contributed by atoms with Gasteiger partial charge in [0.25, 0.3) is 0 Å². The van der Waals surface area contributed by atoms with E-state index in [1.807, 2.05) is 24.3 Å². The Labute approximate surface area is 164 Å². The topological polar surface area (TPSA) is 67.8 Å². The van der Waals surface area contributed by atoms with Crippen LogP contribution in [0.25, 0.3) is 0 Å². The Morgan fingerprint density at radius 2 is 2.15 bits per heavy atom. The molecule has 2 aromatic rings. The molecule has 2 atom stereocenters. The maximum Gasteiger partial charge on any atom is 0.343 e. The van der Waals surface area contributed by atoms with Gasteiger partial charge in [0.15, 0.2) is 6.61 Å². The first-order chi connectivity index (χ1) is 13.0. The van der Waals surface area contributed by atoms with Crippen LogP contribution in [-0.2, 0) is 22.4 Å². The molecule has 144 valence electrons. The first-order valence-corrected chi connectivity index (χ1v) is 9.41. The van der Waals surface area contributed by atoms with Crippen molar-refractivity contribution < 1.29 is 19.4 Å². The third-order valence-corrected chi connectivity index (χ3v) is 5.06. The number of aliphatic hydroxyl groups excluding tert-OH is 1. The van der Waals surface area contributed by atoms with E-state index >= 15 is 0 Å². The van der Waals surface area contributed by atoms with Crippen LogP contribution in [0.4, 0.5) is 0 Å². The number of hydrogen-bond donors (Lipinski definition) is 2. The standard InChI is InChI=1S/C21H24ClNO4/c1-26-21(25)13-27-19-8-6-14-5-7-18(10-16(14)11-19)23-12-20(24)15-3-2-4-17(22)9-15/h2-4,6,8-9,11,18,20,23-24H,5,7,10,12-13H2,1H3/t18-,20-/m1/s1. The molecule has 0 saturated carbocycles. The molecule has 2 aromatic carbocycles. The summed E-state index contributed by atoms with van der Waals surface area (Å²) in [5.41, 5.74) is 3.32. The van der Waals surface area contributed by atoms with E-state index in [1.165, 1.54) is 18.2 Å². The molecule has 0 aliphatic heterocycles. The van der Waals surface area contributed by atoms with Crippen molar-refractivity contribution in [3.8, 4) is 5.75 Å². The SMILES string of the molecule is COC(=O)COc1ccc2c(c1)C[C@H](NC[C@@H](O)c1cccc(Cl)c1)CC2. The molecule has 0 spiro atoms. The Morgan fingerprint density at radius 1 is 1.30 bits per heavy atom. The van der Waals surface area contributed by atoms with Crippen LogP contribution in [0.1, 0.15) is 29.2 Å². The summed E-state index contributed by atoms with van der Waals surface area (Å²) >= 11 is 5.99. The monoisotopic (exact) mass is 389 g/mol. The van der Waals surface area contributed by atoms with Gasteiger partial charge in [0.2, 0.25) is 0 Å². The van der Waals surface area contributed by atoms with Gasteiger partial charge in [-0.25, -0.2) is 4.79 Å². The lowest BCUT2D eigenvalue weighted by Gasteiger charge is -2.27. The molecule has 6 heteroatoms. The second-order valence-electron chi connectivity index (χ2n) is 6.71. The smallest absolute Gasteiger partial charge is 0.343 e. The lowest BCUT2D eigenvalue weighted by Crippen LogP contribution is -2.37. The van der Waals surface area contributed by atoms with Crippen LogP contribution >= 0.6 is 11.6 Å². The number of rotatable bonds is 7. The van der Waals surface area contributed by atoms with Crippen molar-refractivity contribution in [2.24, 2.45) is 0 Å². The van der Waals surface area contributed by atoms with Crippen LogP contribution in [0.5, 0.6) is 5.75 Å². The Morgan fingerprint density at radius 3 is 2.93 bits per heavy atom. The molecule has 0 radical (unpaired) electrons. The number of methoxy groups -OCH3 is 1. The molecule has 27 heavy (non-hydrogen) atoms. The van der Waals surface area contributed by atoms with Crippen LogP contribution in [0, 0.1) is 0 Å². The van der Waals surface area contributed by atoms with Crippen molar-refractivity contribution in [2.75, 3.05) is 20.3 Å². The van der Waals surface area contributed by atoms with E-state index in [0.29, 0.717) is 17.3 Å². The van der Waals surface area contributed by atoms with E-state index in [9.17, 15) is 9.90 Å². The molecular weight excluding hydrogens is 366 g/mol. The largest absolute Gasteiger partial charge is 0.482 e. The zero-order valence-electron chi connectivity index (χ0n) is 15.3. The highest BCUT2D eigenvalue weighted by Crippen LogP contribution is 2.26. The van der Waals surface area contributed by atoms with Gasteiger partial charge in [0.1, 0.15) is 5.75 Å². The number of carbonyl (C=O) groups excluding carboxylic acids is 1. The number of aliphatic hydroxyl groups is 1. The number of ether oxygens (including phenoxy) is 2. The molecule has 0 heterocycles. The second kappa shape index (κ2) is 9.22. The zero-order chi connectivity index (χ0) is 19.2. The molecule has 0 amide bonds. The summed E-state index contributed by atoms with van der Waals surface area (Å²) in [4.78, 5) is 11.2. The lowest BCUT2D eigenvalue weighted by molar-refractivity contribution is -0.142. The van der Waals surface area contributed by atoms with E-state index in [1.54, 1.807) is 12.1 Å². The molecule has 5 nitrogen and oxygen atoms in total. The van der Waals surface area contributed by atoms with Crippen molar-refractivity contribution in [3.63, 3.8) is 0 Å². The number of carbonyl (C=O) groups is 1. The van der Waals surface area contributed by atoms with Crippen molar-refractivity contribution >= 4 is 17.6 Å². The first kappa shape index (κ1) is 19.7. The highest BCUT2D eigenvalue weighted by Gasteiger charge is 2.20. The number of aryl methyl sites for hydroxylation is 1. The van der Waals surface area contributed by atoms with E-state index in [-0.39, 0.29) is 12.6 Å².